The number of nitrogens with zero attached hydrogens (tertiary/aromatic N) is 2. The van der Waals surface area contributed by atoms with Crippen molar-refractivity contribution in [2.45, 2.75) is 31.5 Å². The van der Waals surface area contributed by atoms with Gasteiger partial charge in [-0.1, -0.05) is 11.8 Å². The highest BCUT2D eigenvalue weighted by molar-refractivity contribution is 7.99. The summed E-state index contributed by atoms with van der Waals surface area (Å²) in [5, 5.41) is 13.0. The summed E-state index contributed by atoms with van der Waals surface area (Å²) in [5.41, 5.74) is 0.221. The van der Waals surface area contributed by atoms with Crippen molar-refractivity contribution in [3.63, 3.8) is 0 Å². The number of amides is 3. The number of carbonyl (C=O) groups excluding carboxylic acids is 2. The first-order chi connectivity index (χ1) is 12.7. The highest BCUT2D eigenvalue weighted by atomic mass is 32.2. The van der Waals surface area contributed by atoms with Gasteiger partial charge >= 0.3 is 6.03 Å². The molecule has 2 N–H and O–H groups in total. The summed E-state index contributed by atoms with van der Waals surface area (Å²) in [7, 11) is 3.08. The van der Waals surface area contributed by atoms with Crippen LogP contribution in [0, 0.1) is 0 Å². The number of benzene rings is 1. The van der Waals surface area contributed by atoms with E-state index in [0.29, 0.717) is 17.1 Å². The van der Waals surface area contributed by atoms with Gasteiger partial charge in [0.1, 0.15) is 0 Å². The standard InChI is InChI=1S/C17H22N4O5S/c1-17(2,3)19-15(23)18-13(22)9-27-16-21-20-14(26-16)10-6-7-11(24-4)12(8-10)25-5/h6-8H,9H2,1-5H3,(H2,18,19,22,23). The molecule has 2 aromatic rings. The van der Waals surface area contributed by atoms with Crippen molar-refractivity contribution in [2.75, 3.05) is 20.0 Å². The molecule has 10 heteroatoms. The third-order valence-corrected chi connectivity index (χ3v) is 3.92. The molecule has 146 valence electrons. The Balaban J connectivity index is 1.94. The number of thioether (sulfide) groups is 1. The van der Waals surface area contributed by atoms with Crippen molar-refractivity contribution < 1.29 is 23.5 Å². The molecule has 9 nitrogen and oxygen atoms in total. The highest BCUT2D eigenvalue weighted by Gasteiger charge is 2.17. The summed E-state index contributed by atoms with van der Waals surface area (Å²) in [5.74, 6) is 0.898. The maximum Gasteiger partial charge on any atom is 0.321 e. The molecule has 0 radical (unpaired) electrons. The van der Waals surface area contributed by atoms with Gasteiger partial charge in [-0.05, 0) is 39.0 Å². The fraction of sp³-hybridized carbons (Fsp3) is 0.412. The van der Waals surface area contributed by atoms with Crippen LogP contribution in [-0.2, 0) is 4.79 Å². The Morgan fingerprint density at radius 3 is 2.48 bits per heavy atom. The van der Waals surface area contributed by atoms with Crippen LogP contribution in [0.25, 0.3) is 11.5 Å². The van der Waals surface area contributed by atoms with E-state index in [4.69, 9.17) is 13.9 Å². The number of hydrogen-bond acceptors (Lipinski definition) is 8. The molecule has 2 rings (SSSR count). The van der Waals surface area contributed by atoms with Crippen LogP contribution in [0.15, 0.2) is 27.8 Å². The van der Waals surface area contributed by atoms with Gasteiger partial charge < -0.3 is 19.2 Å². The molecule has 3 amide bonds. The second kappa shape index (κ2) is 8.76. The zero-order valence-corrected chi connectivity index (χ0v) is 16.6. The number of carbonyl (C=O) groups is 2. The normalized spacial score (nSPS) is 11.0. The van der Waals surface area contributed by atoms with Crippen LogP contribution in [0.5, 0.6) is 11.5 Å². The number of urea groups is 1. The van der Waals surface area contributed by atoms with Gasteiger partial charge in [0.15, 0.2) is 11.5 Å². The second-order valence-corrected chi connectivity index (χ2v) is 7.41. The molecule has 1 aromatic carbocycles. The van der Waals surface area contributed by atoms with Gasteiger partial charge in [0.05, 0.1) is 20.0 Å². The van der Waals surface area contributed by atoms with Crippen molar-refractivity contribution in [3.05, 3.63) is 18.2 Å². The van der Waals surface area contributed by atoms with Gasteiger partial charge in [-0.3, -0.25) is 10.1 Å². The summed E-state index contributed by atoms with van der Waals surface area (Å²) in [4.78, 5) is 23.5. The van der Waals surface area contributed by atoms with E-state index in [9.17, 15) is 9.59 Å². The topological polar surface area (TPSA) is 116 Å². The summed E-state index contributed by atoms with van der Waals surface area (Å²) < 4.78 is 16.0. The van der Waals surface area contributed by atoms with Crippen molar-refractivity contribution in [1.82, 2.24) is 20.8 Å². The van der Waals surface area contributed by atoms with Crippen LogP contribution in [0.1, 0.15) is 20.8 Å². The molecule has 0 fully saturated rings. The van der Waals surface area contributed by atoms with Crippen LogP contribution in [0.2, 0.25) is 0 Å². The molecule has 0 atom stereocenters. The van der Waals surface area contributed by atoms with Gasteiger partial charge in [-0.15, -0.1) is 10.2 Å². The fourth-order valence-electron chi connectivity index (χ4n) is 2.02. The number of aromatic nitrogens is 2. The van der Waals surface area contributed by atoms with E-state index in [1.165, 1.54) is 7.11 Å². The molecule has 0 saturated heterocycles. The lowest BCUT2D eigenvalue weighted by molar-refractivity contribution is -0.117. The monoisotopic (exact) mass is 394 g/mol. The number of methoxy groups -OCH3 is 2. The minimum Gasteiger partial charge on any atom is -0.493 e. The second-order valence-electron chi connectivity index (χ2n) is 6.48. The molecular formula is C17H22N4O5S. The summed E-state index contributed by atoms with van der Waals surface area (Å²) in [6.45, 7) is 5.46. The molecule has 1 aromatic heterocycles. The van der Waals surface area contributed by atoms with Crippen molar-refractivity contribution in [1.29, 1.82) is 0 Å². The molecular weight excluding hydrogens is 372 g/mol. The number of rotatable bonds is 6. The van der Waals surface area contributed by atoms with E-state index in [0.717, 1.165) is 11.8 Å². The Labute approximate surface area is 161 Å². The highest BCUT2D eigenvalue weighted by Crippen LogP contribution is 2.32. The SMILES string of the molecule is COc1ccc(-c2nnc(SCC(=O)NC(=O)NC(C)(C)C)o2)cc1OC. The van der Waals surface area contributed by atoms with Crippen molar-refractivity contribution in [3.8, 4) is 23.0 Å². The van der Waals surface area contributed by atoms with E-state index < -0.39 is 17.5 Å². The summed E-state index contributed by atoms with van der Waals surface area (Å²) in [6.07, 6.45) is 0. The van der Waals surface area contributed by atoms with Crippen LogP contribution in [-0.4, -0.2) is 47.6 Å². The summed E-state index contributed by atoms with van der Waals surface area (Å²) >= 11 is 1.03. The maximum atomic E-state index is 11.8. The van der Waals surface area contributed by atoms with Gasteiger partial charge in [0.2, 0.25) is 11.8 Å². The lowest BCUT2D eigenvalue weighted by Gasteiger charge is -2.20. The lowest BCUT2D eigenvalue weighted by Crippen LogP contribution is -2.48. The lowest BCUT2D eigenvalue weighted by atomic mass is 10.1. The van der Waals surface area contributed by atoms with E-state index in [2.05, 4.69) is 20.8 Å². The third kappa shape index (κ3) is 6.17. The molecule has 0 saturated carbocycles. The first-order valence-electron chi connectivity index (χ1n) is 8.02. The zero-order chi connectivity index (χ0) is 20.0. The van der Waals surface area contributed by atoms with E-state index in [1.807, 2.05) is 20.8 Å². The molecule has 0 aliphatic carbocycles. The van der Waals surface area contributed by atoms with Crippen LogP contribution < -0.4 is 20.1 Å². The first kappa shape index (κ1) is 20.6. The number of imide groups is 1. The smallest absolute Gasteiger partial charge is 0.321 e. The fourth-order valence-corrected chi connectivity index (χ4v) is 2.58. The van der Waals surface area contributed by atoms with Crippen LogP contribution in [0.3, 0.4) is 0 Å². The first-order valence-corrected chi connectivity index (χ1v) is 9.01. The number of nitrogens with one attached hydrogen (secondary N) is 2. The molecule has 0 spiro atoms. The van der Waals surface area contributed by atoms with E-state index in [1.54, 1.807) is 25.3 Å². The minimum atomic E-state index is -0.551. The van der Waals surface area contributed by atoms with Crippen molar-refractivity contribution >= 4 is 23.7 Å². The van der Waals surface area contributed by atoms with Gasteiger partial charge in [0, 0.05) is 11.1 Å². The third-order valence-electron chi connectivity index (χ3n) is 3.11. The Hall–Kier alpha value is -2.75. The molecule has 0 aliphatic rings. The Morgan fingerprint density at radius 2 is 1.85 bits per heavy atom. The quantitative estimate of drug-likeness (QED) is 0.718. The minimum absolute atomic E-state index is 0.0366. The van der Waals surface area contributed by atoms with Gasteiger partial charge in [-0.25, -0.2) is 4.79 Å². The van der Waals surface area contributed by atoms with Crippen molar-refractivity contribution in [2.24, 2.45) is 0 Å². The predicted molar refractivity (Wildman–Crippen MR) is 100.0 cm³/mol. The molecule has 1 heterocycles. The average molecular weight is 394 g/mol. The Kier molecular flexibility index (Phi) is 6.67. The van der Waals surface area contributed by atoms with E-state index in [-0.39, 0.29) is 16.9 Å². The molecule has 27 heavy (non-hydrogen) atoms. The van der Waals surface area contributed by atoms with E-state index >= 15 is 0 Å². The summed E-state index contributed by atoms with van der Waals surface area (Å²) in [6, 6.07) is 4.65. The molecule has 0 aliphatic heterocycles. The Morgan fingerprint density at radius 1 is 1.15 bits per heavy atom. The van der Waals surface area contributed by atoms with Gasteiger partial charge in [0.25, 0.3) is 5.22 Å². The Bertz CT molecular complexity index is 816. The van der Waals surface area contributed by atoms with Crippen LogP contribution in [0.4, 0.5) is 4.79 Å². The van der Waals surface area contributed by atoms with Gasteiger partial charge in [-0.2, -0.15) is 0 Å². The largest absolute Gasteiger partial charge is 0.493 e. The molecule has 0 bridgehead atoms. The number of ether oxygens (including phenoxy) is 2. The average Bonchev–Trinajstić information content (AvgIpc) is 3.06. The predicted octanol–water partition coefficient (Wildman–Crippen LogP) is 2.47. The molecule has 0 unspecified atom stereocenters. The maximum absolute atomic E-state index is 11.8. The number of hydrogen-bond donors (Lipinski definition) is 2. The zero-order valence-electron chi connectivity index (χ0n) is 15.8. The van der Waals surface area contributed by atoms with Crippen LogP contribution >= 0.6 is 11.8 Å².